The predicted molar refractivity (Wildman–Crippen MR) is 90.7 cm³/mol. The molecule has 1 aromatic rings. The van der Waals surface area contributed by atoms with Crippen molar-refractivity contribution < 1.29 is 0 Å². The van der Waals surface area contributed by atoms with Gasteiger partial charge in [-0.3, -0.25) is 0 Å². The van der Waals surface area contributed by atoms with Crippen molar-refractivity contribution in [3.63, 3.8) is 0 Å². The van der Waals surface area contributed by atoms with Crippen LogP contribution < -0.4 is 10.2 Å². The summed E-state index contributed by atoms with van der Waals surface area (Å²) in [5.74, 6) is 0. The molecule has 0 aliphatic carbocycles. The van der Waals surface area contributed by atoms with Crippen LogP contribution in [0.4, 0.5) is 5.69 Å². The fourth-order valence-electron chi connectivity index (χ4n) is 2.51. The topological polar surface area (TPSA) is 15.3 Å². The summed E-state index contributed by atoms with van der Waals surface area (Å²) < 4.78 is 0. The zero-order chi connectivity index (χ0) is 15.3. The normalized spacial score (nSPS) is 13.3. The molecule has 2 nitrogen and oxygen atoms in total. The summed E-state index contributed by atoms with van der Waals surface area (Å²) in [5, 5.41) is 3.70. The third kappa shape index (κ3) is 5.16. The molecule has 0 saturated carbocycles. The molecule has 0 bridgehead atoms. The molecule has 0 aromatic heterocycles. The third-order valence-electron chi connectivity index (χ3n) is 3.79. The summed E-state index contributed by atoms with van der Waals surface area (Å²) in [6.45, 7) is 15.6. The van der Waals surface area contributed by atoms with Gasteiger partial charge in [0.25, 0.3) is 0 Å². The highest BCUT2D eigenvalue weighted by Crippen LogP contribution is 2.23. The van der Waals surface area contributed by atoms with Crippen molar-refractivity contribution in [2.45, 2.75) is 54.0 Å². The maximum atomic E-state index is 3.70. The molecule has 0 saturated heterocycles. The highest BCUT2D eigenvalue weighted by Gasteiger charge is 2.25. The first-order valence-corrected chi connectivity index (χ1v) is 7.77. The smallest absolute Gasteiger partial charge is 0.0369 e. The third-order valence-corrected chi connectivity index (χ3v) is 3.79. The van der Waals surface area contributed by atoms with Gasteiger partial charge in [0.1, 0.15) is 0 Å². The Balaban J connectivity index is 2.81. The van der Waals surface area contributed by atoms with Gasteiger partial charge in [-0.2, -0.15) is 0 Å². The predicted octanol–water partition coefficient (Wildman–Crippen LogP) is 4.15. The summed E-state index contributed by atoms with van der Waals surface area (Å²) in [4.78, 5) is 2.37. The number of nitrogens with zero attached hydrogens (tertiary/aromatic N) is 1. The van der Waals surface area contributed by atoms with E-state index in [4.69, 9.17) is 0 Å². The number of rotatable bonds is 6. The second-order valence-electron chi connectivity index (χ2n) is 7.10. The van der Waals surface area contributed by atoms with Crippen LogP contribution >= 0.6 is 0 Å². The second-order valence-corrected chi connectivity index (χ2v) is 7.10. The fraction of sp³-hybridized carbons (Fsp3) is 0.667. The van der Waals surface area contributed by atoms with Gasteiger partial charge < -0.3 is 10.2 Å². The van der Waals surface area contributed by atoms with E-state index in [0.717, 1.165) is 13.1 Å². The average Bonchev–Trinajstić information content (AvgIpc) is 2.31. The fourth-order valence-corrected chi connectivity index (χ4v) is 2.51. The lowest BCUT2D eigenvalue weighted by Gasteiger charge is -2.35. The van der Waals surface area contributed by atoms with E-state index in [1.807, 2.05) is 0 Å². The zero-order valence-electron chi connectivity index (χ0n) is 14.4. The maximum absolute atomic E-state index is 3.70. The summed E-state index contributed by atoms with van der Waals surface area (Å²) in [5.41, 5.74) is 4.25. The first kappa shape index (κ1) is 17.0. The van der Waals surface area contributed by atoms with Gasteiger partial charge in [-0.05, 0) is 55.5 Å². The van der Waals surface area contributed by atoms with Crippen LogP contribution in [0.25, 0.3) is 0 Å². The molecule has 20 heavy (non-hydrogen) atoms. The highest BCUT2D eigenvalue weighted by molar-refractivity contribution is 5.50. The van der Waals surface area contributed by atoms with Gasteiger partial charge in [0.15, 0.2) is 0 Å². The lowest BCUT2D eigenvalue weighted by Crippen LogP contribution is -2.48. The van der Waals surface area contributed by atoms with Gasteiger partial charge in [-0.15, -0.1) is 0 Å². The Bertz CT molecular complexity index is 398. The minimum Gasteiger partial charge on any atom is -0.373 e. The monoisotopic (exact) mass is 276 g/mol. The van der Waals surface area contributed by atoms with Crippen molar-refractivity contribution in [1.29, 1.82) is 0 Å². The summed E-state index contributed by atoms with van der Waals surface area (Å²) in [6.07, 6.45) is 1.18. The molecular formula is C18H32N2. The molecule has 2 heteroatoms. The molecular weight excluding hydrogens is 244 g/mol. The maximum Gasteiger partial charge on any atom is 0.0369 e. The van der Waals surface area contributed by atoms with Crippen molar-refractivity contribution in [2.75, 3.05) is 25.0 Å². The second kappa shape index (κ2) is 7.12. The van der Waals surface area contributed by atoms with Gasteiger partial charge in [0.05, 0.1) is 0 Å². The van der Waals surface area contributed by atoms with Crippen LogP contribution in [0.2, 0.25) is 0 Å². The van der Waals surface area contributed by atoms with E-state index < -0.39 is 0 Å². The van der Waals surface area contributed by atoms with E-state index in [9.17, 15) is 0 Å². The quantitative estimate of drug-likeness (QED) is 0.839. The lowest BCUT2D eigenvalue weighted by molar-refractivity contribution is 0.272. The van der Waals surface area contributed by atoms with Crippen molar-refractivity contribution in [2.24, 2.45) is 5.41 Å². The molecule has 1 unspecified atom stereocenters. The van der Waals surface area contributed by atoms with Crippen LogP contribution in [0.1, 0.15) is 45.2 Å². The first-order chi connectivity index (χ1) is 9.24. The molecule has 1 rings (SSSR count). The van der Waals surface area contributed by atoms with Gasteiger partial charge in [-0.1, -0.05) is 33.8 Å². The summed E-state index contributed by atoms with van der Waals surface area (Å²) in [7, 11) is 2.20. The van der Waals surface area contributed by atoms with Crippen LogP contribution in [0.3, 0.4) is 0 Å². The molecule has 1 aromatic carbocycles. The van der Waals surface area contributed by atoms with Crippen molar-refractivity contribution >= 4 is 5.69 Å². The number of hydrogen-bond donors (Lipinski definition) is 1. The van der Waals surface area contributed by atoms with E-state index >= 15 is 0 Å². The molecule has 0 amide bonds. The van der Waals surface area contributed by atoms with Gasteiger partial charge >= 0.3 is 0 Å². The molecule has 0 heterocycles. The molecule has 1 atom stereocenters. The van der Waals surface area contributed by atoms with Gasteiger partial charge in [0, 0.05) is 25.3 Å². The Hall–Kier alpha value is -1.02. The van der Waals surface area contributed by atoms with E-state index in [2.05, 4.69) is 77.0 Å². The van der Waals surface area contributed by atoms with Gasteiger partial charge in [0.2, 0.25) is 0 Å². The number of anilines is 1. The standard InChI is InChI=1S/C18H32N2/c1-8-9-19-17(18(4,5)6)13-20(7)16-11-14(2)10-15(3)12-16/h10-12,17,19H,8-9,13H2,1-7H3. The molecule has 1 N–H and O–H groups in total. The SMILES string of the molecule is CCCNC(CN(C)c1cc(C)cc(C)c1)C(C)(C)C. The van der Waals surface area contributed by atoms with Crippen molar-refractivity contribution in [3.8, 4) is 0 Å². The summed E-state index contributed by atoms with van der Waals surface area (Å²) in [6, 6.07) is 7.26. The number of benzene rings is 1. The largest absolute Gasteiger partial charge is 0.373 e. The highest BCUT2D eigenvalue weighted by atomic mass is 15.1. The number of hydrogen-bond acceptors (Lipinski definition) is 2. The van der Waals surface area contributed by atoms with E-state index in [-0.39, 0.29) is 5.41 Å². The van der Waals surface area contributed by atoms with Crippen molar-refractivity contribution in [3.05, 3.63) is 29.3 Å². The van der Waals surface area contributed by atoms with Gasteiger partial charge in [-0.25, -0.2) is 0 Å². The molecule has 0 fully saturated rings. The summed E-state index contributed by atoms with van der Waals surface area (Å²) >= 11 is 0. The molecule has 0 radical (unpaired) electrons. The Morgan fingerprint density at radius 2 is 1.65 bits per heavy atom. The molecule has 0 aliphatic heterocycles. The minimum absolute atomic E-state index is 0.266. The van der Waals surface area contributed by atoms with Crippen LogP contribution in [-0.4, -0.2) is 26.2 Å². The van der Waals surface area contributed by atoms with Crippen LogP contribution in [0.5, 0.6) is 0 Å². The Kier molecular flexibility index (Phi) is 6.07. The molecule has 0 spiro atoms. The Morgan fingerprint density at radius 1 is 1.10 bits per heavy atom. The number of nitrogens with one attached hydrogen (secondary N) is 1. The number of aryl methyl sites for hydroxylation is 2. The van der Waals surface area contributed by atoms with Crippen LogP contribution in [-0.2, 0) is 0 Å². The van der Waals surface area contributed by atoms with Crippen molar-refractivity contribution in [1.82, 2.24) is 5.32 Å². The molecule has 114 valence electrons. The minimum atomic E-state index is 0.266. The molecule has 0 aliphatic rings. The Labute approximate surface area is 125 Å². The van der Waals surface area contributed by atoms with Crippen LogP contribution in [0.15, 0.2) is 18.2 Å². The lowest BCUT2D eigenvalue weighted by atomic mass is 9.86. The zero-order valence-corrected chi connectivity index (χ0v) is 14.4. The van der Waals surface area contributed by atoms with E-state index in [1.165, 1.54) is 23.2 Å². The first-order valence-electron chi connectivity index (χ1n) is 7.77. The number of likely N-dealkylation sites (N-methyl/N-ethyl adjacent to an activating group) is 1. The van der Waals surface area contributed by atoms with E-state index in [1.54, 1.807) is 0 Å². The van der Waals surface area contributed by atoms with E-state index in [0.29, 0.717) is 6.04 Å². The average molecular weight is 276 g/mol. The van der Waals surface area contributed by atoms with Crippen LogP contribution in [0, 0.1) is 19.3 Å². The Morgan fingerprint density at radius 3 is 2.10 bits per heavy atom.